The third-order valence-electron chi connectivity index (χ3n) is 5.90. The number of benzene rings is 3. The normalized spacial score (nSPS) is 10.7. The van der Waals surface area contributed by atoms with Crippen LogP contribution in [0, 0.1) is 0 Å². The van der Waals surface area contributed by atoms with Crippen LogP contribution in [-0.2, 0) is 17.9 Å². The number of rotatable bonds is 9. The maximum Gasteiger partial charge on any atom is 0.332 e. The molecule has 10 nitrogen and oxygen atoms in total. The van der Waals surface area contributed by atoms with Gasteiger partial charge in [-0.25, -0.2) is 4.79 Å². The molecule has 0 radical (unpaired) electrons. The molecule has 3 aromatic carbocycles. The highest BCUT2D eigenvalue weighted by Crippen LogP contribution is 2.31. The van der Waals surface area contributed by atoms with Crippen molar-refractivity contribution < 1.29 is 23.7 Å². The second kappa shape index (κ2) is 10.9. The molecule has 0 aliphatic heterocycles. The number of aromatic nitrogens is 2. The Morgan fingerprint density at radius 3 is 2.11 bits per heavy atom. The minimum Gasteiger partial charge on any atom is -0.497 e. The number of methoxy groups -OCH3 is 4. The van der Waals surface area contributed by atoms with Gasteiger partial charge < -0.3 is 24.3 Å². The zero-order chi connectivity index (χ0) is 26.5. The van der Waals surface area contributed by atoms with E-state index < -0.39 is 17.2 Å². The van der Waals surface area contributed by atoms with Gasteiger partial charge in [0.2, 0.25) is 5.91 Å². The van der Waals surface area contributed by atoms with Crippen molar-refractivity contribution in [3.8, 4) is 23.0 Å². The predicted octanol–water partition coefficient (Wildman–Crippen LogP) is 2.88. The van der Waals surface area contributed by atoms with Crippen molar-refractivity contribution in [2.75, 3.05) is 33.8 Å². The third-order valence-corrected chi connectivity index (χ3v) is 5.90. The molecule has 0 saturated carbocycles. The maximum absolute atomic E-state index is 13.6. The molecular formula is C27H27N3O7. The summed E-state index contributed by atoms with van der Waals surface area (Å²) >= 11 is 0. The van der Waals surface area contributed by atoms with Crippen LogP contribution in [0.5, 0.6) is 23.0 Å². The molecule has 0 bridgehead atoms. The van der Waals surface area contributed by atoms with Gasteiger partial charge in [0.15, 0.2) is 11.5 Å². The lowest BCUT2D eigenvalue weighted by Crippen LogP contribution is -2.42. The van der Waals surface area contributed by atoms with Gasteiger partial charge in [-0.2, -0.15) is 0 Å². The second-order valence-corrected chi connectivity index (χ2v) is 8.08. The van der Waals surface area contributed by atoms with Gasteiger partial charge in [-0.3, -0.25) is 18.7 Å². The average molecular weight is 506 g/mol. The highest BCUT2D eigenvalue weighted by molar-refractivity contribution is 5.93. The zero-order valence-electron chi connectivity index (χ0n) is 20.9. The van der Waals surface area contributed by atoms with Crippen molar-refractivity contribution in [1.82, 2.24) is 9.13 Å². The first-order valence-corrected chi connectivity index (χ1v) is 11.3. The number of carbonyl (C=O) groups is 1. The maximum atomic E-state index is 13.6. The molecule has 0 fully saturated rings. The number of carbonyl (C=O) groups excluding carboxylic acids is 1. The molecule has 0 unspecified atom stereocenters. The Labute approximate surface area is 212 Å². The van der Waals surface area contributed by atoms with Crippen molar-refractivity contribution in [3.05, 3.63) is 87.1 Å². The van der Waals surface area contributed by atoms with Crippen LogP contribution in [0.1, 0.15) is 5.56 Å². The van der Waals surface area contributed by atoms with E-state index in [1.807, 2.05) is 30.3 Å². The molecule has 37 heavy (non-hydrogen) atoms. The van der Waals surface area contributed by atoms with Crippen LogP contribution < -0.4 is 35.5 Å². The molecule has 1 N–H and O–H groups in total. The van der Waals surface area contributed by atoms with Crippen LogP contribution in [0.25, 0.3) is 10.9 Å². The Morgan fingerprint density at radius 2 is 1.46 bits per heavy atom. The van der Waals surface area contributed by atoms with E-state index in [0.29, 0.717) is 28.7 Å². The van der Waals surface area contributed by atoms with E-state index in [2.05, 4.69) is 5.32 Å². The smallest absolute Gasteiger partial charge is 0.332 e. The van der Waals surface area contributed by atoms with Gasteiger partial charge in [0, 0.05) is 12.1 Å². The van der Waals surface area contributed by atoms with E-state index in [4.69, 9.17) is 18.9 Å². The Hall–Kier alpha value is -4.73. The van der Waals surface area contributed by atoms with Crippen LogP contribution >= 0.6 is 0 Å². The Morgan fingerprint density at radius 1 is 0.784 bits per heavy atom. The van der Waals surface area contributed by atoms with E-state index in [1.54, 1.807) is 18.2 Å². The fourth-order valence-electron chi connectivity index (χ4n) is 4.05. The molecule has 0 atom stereocenters. The van der Waals surface area contributed by atoms with Crippen molar-refractivity contribution in [2.24, 2.45) is 0 Å². The minimum atomic E-state index is -0.638. The fraction of sp³-hybridized carbons (Fsp3) is 0.222. The summed E-state index contributed by atoms with van der Waals surface area (Å²) in [5.74, 6) is 1.08. The summed E-state index contributed by atoms with van der Waals surface area (Å²) in [5.41, 5.74) is 0.238. The first kappa shape index (κ1) is 25.4. The molecule has 10 heteroatoms. The monoisotopic (exact) mass is 505 g/mol. The summed E-state index contributed by atoms with van der Waals surface area (Å²) < 4.78 is 23.7. The van der Waals surface area contributed by atoms with Gasteiger partial charge in [-0.05, 0) is 23.8 Å². The predicted molar refractivity (Wildman–Crippen MR) is 139 cm³/mol. The number of nitrogens with one attached hydrogen (secondary N) is 1. The van der Waals surface area contributed by atoms with Gasteiger partial charge in [-0.15, -0.1) is 0 Å². The van der Waals surface area contributed by atoms with E-state index in [0.717, 1.165) is 10.1 Å². The number of hydrogen-bond donors (Lipinski definition) is 1. The lowest BCUT2D eigenvalue weighted by Gasteiger charge is -2.17. The average Bonchev–Trinajstić information content (AvgIpc) is 2.93. The van der Waals surface area contributed by atoms with Crippen molar-refractivity contribution in [2.45, 2.75) is 13.1 Å². The molecule has 0 spiro atoms. The number of amides is 1. The van der Waals surface area contributed by atoms with E-state index in [9.17, 15) is 14.4 Å². The number of hydrogen-bond acceptors (Lipinski definition) is 7. The highest BCUT2D eigenvalue weighted by Gasteiger charge is 2.20. The molecule has 1 aromatic heterocycles. The lowest BCUT2D eigenvalue weighted by molar-refractivity contribution is -0.116. The molecule has 1 amide bonds. The number of nitrogens with zero attached hydrogens (tertiary/aromatic N) is 2. The summed E-state index contributed by atoms with van der Waals surface area (Å²) in [7, 11) is 5.90. The summed E-state index contributed by atoms with van der Waals surface area (Å²) in [6, 6.07) is 17.1. The quantitative estimate of drug-likeness (QED) is 0.372. The summed E-state index contributed by atoms with van der Waals surface area (Å²) in [5, 5.41) is 2.97. The fourth-order valence-corrected chi connectivity index (χ4v) is 4.05. The molecule has 0 aliphatic carbocycles. The van der Waals surface area contributed by atoms with Gasteiger partial charge in [-0.1, -0.05) is 30.3 Å². The molecule has 192 valence electrons. The van der Waals surface area contributed by atoms with Crippen molar-refractivity contribution in [3.63, 3.8) is 0 Å². The summed E-state index contributed by atoms with van der Waals surface area (Å²) in [6.07, 6.45) is 0. The molecular weight excluding hydrogens is 478 g/mol. The molecule has 0 saturated heterocycles. The zero-order valence-corrected chi connectivity index (χ0v) is 20.9. The molecule has 0 aliphatic rings. The van der Waals surface area contributed by atoms with Crippen LogP contribution in [0.4, 0.5) is 5.69 Å². The van der Waals surface area contributed by atoms with E-state index >= 15 is 0 Å². The lowest BCUT2D eigenvalue weighted by atomic mass is 10.2. The summed E-state index contributed by atoms with van der Waals surface area (Å²) in [4.78, 5) is 40.2. The van der Waals surface area contributed by atoms with Crippen molar-refractivity contribution >= 4 is 22.5 Å². The van der Waals surface area contributed by atoms with E-state index in [-0.39, 0.29) is 24.0 Å². The third kappa shape index (κ3) is 5.13. The topological polar surface area (TPSA) is 110 Å². The highest BCUT2D eigenvalue weighted by atomic mass is 16.5. The standard InChI is InChI=1S/C27H27N3O7/c1-34-18-10-11-22(35-2)20(12-18)28-25(31)16-29-21-14-24(37-4)23(36-3)13-19(21)26(32)30(27(29)33)15-17-8-6-5-7-9-17/h5-14H,15-16H2,1-4H3,(H,28,31). The molecule has 4 aromatic rings. The van der Waals surface area contributed by atoms with Crippen molar-refractivity contribution in [1.29, 1.82) is 0 Å². The Kier molecular flexibility index (Phi) is 7.47. The first-order chi connectivity index (χ1) is 17.9. The van der Waals surface area contributed by atoms with Crippen LogP contribution in [0.3, 0.4) is 0 Å². The van der Waals surface area contributed by atoms with Crippen LogP contribution in [0.15, 0.2) is 70.3 Å². The van der Waals surface area contributed by atoms with Gasteiger partial charge in [0.05, 0.1) is 51.6 Å². The van der Waals surface area contributed by atoms with Crippen LogP contribution in [0.2, 0.25) is 0 Å². The van der Waals surface area contributed by atoms with Gasteiger partial charge in [0.1, 0.15) is 18.0 Å². The van der Waals surface area contributed by atoms with Gasteiger partial charge >= 0.3 is 5.69 Å². The summed E-state index contributed by atoms with van der Waals surface area (Å²) in [6.45, 7) is -0.339. The first-order valence-electron chi connectivity index (χ1n) is 11.3. The second-order valence-electron chi connectivity index (χ2n) is 8.08. The minimum absolute atomic E-state index is 0.0358. The number of fused-ring (bicyclic) bond motifs is 1. The largest absolute Gasteiger partial charge is 0.497 e. The molecule has 4 rings (SSSR count). The van der Waals surface area contributed by atoms with E-state index in [1.165, 1.54) is 45.1 Å². The SMILES string of the molecule is COc1ccc(OC)c(NC(=O)Cn2c(=O)n(Cc3ccccc3)c(=O)c3cc(OC)c(OC)cc32)c1. The Bertz CT molecular complexity index is 1560. The molecule has 1 heterocycles. The Balaban J connectivity index is 1.84. The van der Waals surface area contributed by atoms with Gasteiger partial charge in [0.25, 0.3) is 5.56 Å². The number of anilines is 1. The number of ether oxygens (including phenoxy) is 4. The van der Waals surface area contributed by atoms with Crippen LogP contribution in [-0.4, -0.2) is 43.5 Å².